The Hall–Kier alpha value is -0.930. The average molecular weight is 363 g/mol. The van der Waals surface area contributed by atoms with E-state index < -0.39 is 0 Å². The maximum absolute atomic E-state index is 12.7. The minimum Gasteiger partial charge on any atom is -0.393 e. The van der Waals surface area contributed by atoms with Crippen molar-refractivity contribution in [3.63, 3.8) is 0 Å². The summed E-state index contributed by atoms with van der Waals surface area (Å²) in [6, 6.07) is 8.01. The summed E-state index contributed by atoms with van der Waals surface area (Å²) in [6.07, 6.45) is 5.36. The predicted octanol–water partition coefficient (Wildman–Crippen LogP) is 4.61. The Morgan fingerprint density at radius 1 is 1.27 bits per heavy atom. The minimum atomic E-state index is -0.296. The van der Waals surface area contributed by atoms with Gasteiger partial charge in [0.25, 0.3) is 0 Å². The van der Waals surface area contributed by atoms with Crippen molar-refractivity contribution >= 4 is 27.8 Å². The van der Waals surface area contributed by atoms with Gasteiger partial charge in [0.2, 0.25) is 0 Å². The molecule has 1 aromatic rings. The van der Waals surface area contributed by atoms with Crippen LogP contribution in [0.2, 0.25) is 0 Å². The summed E-state index contributed by atoms with van der Waals surface area (Å²) in [7, 11) is 0. The average Bonchev–Trinajstić information content (AvgIpc) is 2.49. The summed E-state index contributed by atoms with van der Waals surface area (Å²) in [5.74, 6) is 0.584. The van der Waals surface area contributed by atoms with E-state index >= 15 is 0 Å². The quantitative estimate of drug-likeness (QED) is 0.740. The molecule has 0 heterocycles. The smallest absolute Gasteiger partial charge is 0.161 e. The second kappa shape index (κ2) is 5.93. The van der Waals surface area contributed by atoms with Crippen LogP contribution in [0, 0.1) is 17.3 Å². The molecule has 2 nitrogen and oxygen atoms in total. The van der Waals surface area contributed by atoms with E-state index in [0.29, 0.717) is 12.3 Å². The fourth-order valence-corrected chi connectivity index (χ4v) is 4.63. The zero-order chi connectivity index (χ0) is 15.9. The van der Waals surface area contributed by atoms with Gasteiger partial charge in [-0.3, -0.25) is 4.79 Å². The molecule has 0 aromatic heterocycles. The molecule has 0 radical (unpaired) electrons. The normalized spacial score (nSPS) is 37.2. The van der Waals surface area contributed by atoms with Crippen LogP contribution >= 0.6 is 15.9 Å². The first-order valence-corrected chi connectivity index (χ1v) is 8.89. The van der Waals surface area contributed by atoms with Gasteiger partial charge in [0.05, 0.1) is 6.10 Å². The second-order valence-electron chi connectivity index (χ2n) is 7.11. The third kappa shape index (κ3) is 2.69. The lowest BCUT2D eigenvalue weighted by Crippen LogP contribution is -2.51. The van der Waals surface area contributed by atoms with Crippen LogP contribution in [0.15, 0.2) is 34.3 Å². The molecule has 0 spiro atoms. The second-order valence-corrected chi connectivity index (χ2v) is 8.03. The fraction of sp³-hybridized carbons (Fsp3) is 0.526. The number of carbonyl (C=O) groups excluding carboxylic acids is 1. The molecule has 0 aliphatic heterocycles. The Morgan fingerprint density at radius 3 is 2.64 bits per heavy atom. The molecule has 0 bridgehead atoms. The zero-order valence-corrected chi connectivity index (χ0v) is 14.8. The number of hydrogen-bond acceptors (Lipinski definition) is 2. The van der Waals surface area contributed by atoms with Crippen molar-refractivity contribution in [2.24, 2.45) is 17.3 Å². The van der Waals surface area contributed by atoms with Gasteiger partial charge in [-0.05, 0) is 54.5 Å². The molecule has 0 saturated heterocycles. The van der Waals surface area contributed by atoms with E-state index in [1.807, 2.05) is 37.3 Å². The number of fused-ring (bicyclic) bond motifs is 1. The molecule has 2 fully saturated rings. The van der Waals surface area contributed by atoms with E-state index in [0.717, 1.165) is 34.9 Å². The number of ketones is 1. The molecule has 2 unspecified atom stereocenters. The fourth-order valence-electron chi connectivity index (χ4n) is 4.36. The lowest BCUT2D eigenvalue weighted by Gasteiger charge is -2.51. The van der Waals surface area contributed by atoms with Crippen LogP contribution in [-0.2, 0) is 4.79 Å². The molecule has 3 heteroatoms. The van der Waals surface area contributed by atoms with Crippen LogP contribution in [0.3, 0.4) is 0 Å². The highest BCUT2D eigenvalue weighted by Gasteiger charge is 2.51. The van der Waals surface area contributed by atoms with E-state index in [1.165, 1.54) is 0 Å². The molecule has 2 saturated carbocycles. The van der Waals surface area contributed by atoms with Crippen molar-refractivity contribution in [3.05, 3.63) is 39.9 Å². The molecule has 2 aliphatic rings. The molecule has 1 N–H and O–H groups in total. The Balaban J connectivity index is 1.95. The van der Waals surface area contributed by atoms with Crippen molar-refractivity contribution in [2.75, 3.05) is 0 Å². The van der Waals surface area contributed by atoms with Crippen LogP contribution < -0.4 is 0 Å². The number of allylic oxidation sites excluding steroid dienone is 1. The van der Waals surface area contributed by atoms with E-state index in [1.54, 1.807) is 0 Å². The largest absolute Gasteiger partial charge is 0.393 e. The van der Waals surface area contributed by atoms with Crippen molar-refractivity contribution in [2.45, 2.75) is 45.6 Å². The van der Waals surface area contributed by atoms with Crippen molar-refractivity contribution in [1.29, 1.82) is 0 Å². The maximum atomic E-state index is 12.7. The highest BCUT2D eigenvalue weighted by atomic mass is 79.9. The van der Waals surface area contributed by atoms with Gasteiger partial charge in [0.1, 0.15) is 0 Å². The molecule has 1 aromatic carbocycles. The van der Waals surface area contributed by atoms with Gasteiger partial charge in [0, 0.05) is 15.8 Å². The summed E-state index contributed by atoms with van der Waals surface area (Å²) >= 11 is 3.43. The van der Waals surface area contributed by atoms with Crippen molar-refractivity contribution in [1.82, 2.24) is 0 Å². The zero-order valence-electron chi connectivity index (χ0n) is 13.2. The van der Waals surface area contributed by atoms with Gasteiger partial charge in [0.15, 0.2) is 5.78 Å². The first kappa shape index (κ1) is 15.9. The molecule has 22 heavy (non-hydrogen) atoms. The Kier molecular flexibility index (Phi) is 4.30. The summed E-state index contributed by atoms with van der Waals surface area (Å²) in [5.41, 5.74) is 1.76. The number of Topliss-reactive ketones (excluding diaryl/α,β-unsaturated/α-hetero) is 1. The number of benzene rings is 1. The van der Waals surface area contributed by atoms with Gasteiger partial charge in [-0.15, -0.1) is 0 Å². The number of hydrogen-bond donors (Lipinski definition) is 1. The first-order valence-electron chi connectivity index (χ1n) is 8.10. The monoisotopic (exact) mass is 362 g/mol. The van der Waals surface area contributed by atoms with Gasteiger partial charge >= 0.3 is 0 Å². The Morgan fingerprint density at radius 2 is 1.95 bits per heavy atom. The predicted molar refractivity (Wildman–Crippen MR) is 92.4 cm³/mol. The Labute approximate surface area is 140 Å². The van der Waals surface area contributed by atoms with Crippen LogP contribution in [0.1, 0.15) is 45.1 Å². The molecule has 3 rings (SSSR count). The van der Waals surface area contributed by atoms with Crippen LogP contribution in [-0.4, -0.2) is 17.0 Å². The molecule has 2 aliphatic carbocycles. The van der Waals surface area contributed by atoms with E-state index in [2.05, 4.69) is 22.9 Å². The lowest BCUT2D eigenvalue weighted by atomic mass is 9.54. The van der Waals surface area contributed by atoms with Gasteiger partial charge in [-0.1, -0.05) is 48.3 Å². The van der Waals surface area contributed by atoms with Crippen LogP contribution in [0.5, 0.6) is 0 Å². The van der Waals surface area contributed by atoms with Crippen LogP contribution in [0.25, 0.3) is 6.08 Å². The van der Waals surface area contributed by atoms with Crippen molar-refractivity contribution < 1.29 is 9.90 Å². The number of carbonyl (C=O) groups is 1. The first-order chi connectivity index (χ1) is 10.4. The molecular formula is C19H23BrO2. The molecule has 118 valence electrons. The highest BCUT2D eigenvalue weighted by molar-refractivity contribution is 9.10. The summed E-state index contributed by atoms with van der Waals surface area (Å²) in [5, 5.41) is 10.5. The summed E-state index contributed by atoms with van der Waals surface area (Å²) in [6.45, 7) is 4.21. The van der Waals surface area contributed by atoms with E-state index in [9.17, 15) is 9.90 Å². The third-order valence-electron chi connectivity index (χ3n) is 5.72. The van der Waals surface area contributed by atoms with Gasteiger partial charge < -0.3 is 5.11 Å². The highest BCUT2D eigenvalue weighted by Crippen LogP contribution is 2.53. The third-order valence-corrected chi connectivity index (χ3v) is 6.25. The molecular weight excluding hydrogens is 340 g/mol. The minimum absolute atomic E-state index is 0.00963. The van der Waals surface area contributed by atoms with E-state index in [-0.39, 0.29) is 23.2 Å². The van der Waals surface area contributed by atoms with Crippen LogP contribution in [0.4, 0.5) is 0 Å². The standard InChI is InChI=1S/C19H23BrO2/c1-12-16-4-3-5-17(21)19(16,2)11-14(18(12)22)10-13-6-8-15(20)9-7-13/h6-10,12,16-17,21H,3-5,11H2,1-2H3/b14-10-/t12?,16?,17-,19-/m0/s1. The van der Waals surface area contributed by atoms with Gasteiger partial charge in [-0.2, -0.15) is 0 Å². The van der Waals surface area contributed by atoms with Gasteiger partial charge in [-0.25, -0.2) is 0 Å². The Bertz CT molecular complexity index is 604. The number of aliphatic hydroxyl groups is 1. The summed E-state index contributed by atoms with van der Waals surface area (Å²) in [4.78, 5) is 12.7. The van der Waals surface area contributed by atoms with Crippen molar-refractivity contribution in [3.8, 4) is 0 Å². The number of rotatable bonds is 1. The maximum Gasteiger partial charge on any atom is 0.161 e. The SMILES string of the molecule is CC1C(=O)/C(=C\c2ccc(Br)cc2)C[C@@]2(C)C1CCC[C@@H]2O. The lowest BCUT2D eigenvalue weighted by molar-refractivity contribution is -0.133. The molecule has 0 amide bonds. The summed E-state index contributed by atoms with van der Waals surface area (Å²) < 4.78 is 1.03. The number of aliphatic hydroxyl groups excluding tert-OH is 1. The topological polar surface area (TPSA) is 37.3 Å². The van der Waals surface area contributed by atoms with E-state index in [4.69, 9.17) is 0 Å². The number of halogens is 1. The molecule has 4 atom stereocenters.